The maximum Gasteiger partial charge on any atom is 0.248 e. The van der Waals surface area contributed by atoms with E-state index in [2.05, 4.69) is 5.32 Å². The van der Waals surface area contributed by atoms with E-state index in [-0.39, 0.29) is 0 Å². The second kappa shape index (κ2) is 5.27. The summed E-state index contributed by atoms with van der Waals surface area (Å²) < 4.78 is 5.22. The van der Waals surface area contributed by atoms with Crippen molar-refractivity contribution in [1.29, 1.82) is 0 Å². The number of anilines is 2. The Hall–Kier alpha value is -2.43. The normalized spacial score (nSPS) is 10.2. The summed E-state index contributed by atoms with van der Waals surface area (Å²) in [6.45, 7) is 0.702. The van der Waals surface area contributed by atoms with Gasteiger partial charge >= 0.3 is 0 Å². The summed E-state index contributed by atoms with van der Waals surface area (Å²) >= 11 is 0. The molecule has 0 atom stereocenters. The lowest BCUT2D eigenvalue weighted by Gasteiger charge is -2.09. The van der Waals surface area contributed by atoms with Gasteiger partial charge in [-0.15, -0.1) is 0 Å². The predicted molar refractivity (Wildman–Crippen MR) is 70.3 cm³/mol. The monoisotopic (exact) mass is 245 g/mol. The number of amides is 1. The maximum atomic E-state index is 11.0. The highest BCUT2D eigenvalue weighted by Crippen LogP contribution is 2.19. The standard InChI is InChI=1S/C13H15N3O2/c14-11-8-9(13(15)17)3-4-12(11)16-6-5-10-2-1-7-18-10/h1-4,7-8,16H,5-6,14H2,(H2,15,17). The summed E-state index contributed by atoms with van der Waals surface area (Å²) in [6, 6.07) is 8.73. The molecule has 1 aromatic carbocycles. The fourth-order valence-electron chi connectivity index (χ4n) is 1.65. The molecule has 1 amide bonds. The molecule has 2 aromatic rings. The number of benzene rings is 1. The summed E-state index contributed by atoms with van der Waals surface area (Å²) in [5.74, 6) is 0.429. The van der Waals surface area contributed by atoms with E-state index in [4.69, 9.17) is 15.9 Å². The Kier molecular flexibility index (Phi) is 3.52. The first-order valence-corrected chi connectivity index (χ1v) is 5.62. The molecule has 0 aliphatic heterocycles. The van der Waals surface area contributed by atoms with Crippen molar-refractivity contribution >= 4 is 17.3 Å². The van der Waals surface area contributed by atoms with Crippen LogP contribution in [0.25, 0.3) is 0 Å². The van der Waals surface area contributed by atoms with Crippen LogP contribution in [-0.4, -0.2) is 12.5 Å². The highest BCUT2D eigenvalue weighted by Gasteiger charge is 2.04. The summed E-state index contributed by atoms with van der Waals surface area (Å²) in [4.78, 5) is 11.0. The Balaban J connectivity index is 1.95. The number of nitrogen functional groups attached to an aromatic ring is 1. The molecule has 1 heterocycles. The van der Waals surface area contributed by atoms with Crippen molar-refractivity contribution < 1.29 is 9.21 Å². The minimum atomic E-state index is -0.483. The van der Waals surface area contributed by atoms with E-state index in [9.17, 15) is 4.79 Å². The molecule has 0 spiro atoms. The van der Waals surface area contributed by atoms with Crippen LogP contribution in [0, 0.1) is 0 Å². The molecule has 0 aliphatic rings. The van der Waals surface area contributed by atoms with Crippen LogP contribution in [-0.2, 0) is 6.42 Å². The summed E-state index contributed by atoms with van der Waals surface area (Å²) in [7, 11) is 0. The van der Waals surface area contributed by atoms with E-state index in [0.717, 1.165) is 17.9 Å². The number of primary amides is 1. The average Bonchev–Trinajstić information content (AvgIpc) is 2.84. The second-order valence-electron chi connectivity index (χ2n) is 3.92. The number of nitrogens with one attached hydrogen (secondary N) is 1. The Bertz CT molecular complexity index is 535. The average molecular weight is 245 g/mol. The van der Waals surface area contributed by atoms with Crippen LogP contribution in [0.2, 0.25) is 0 Å². The minimum absolute atomic E-state index is 0.407. The number of furan rings is 1. The number of rotatable bonds is 5. The first-order valence-electron chi connectivity index (χ1n) is 5.62. The van der Waals surface area contributed by atoms with Gasteiger partial charge in [-0.1, -0.05) is 0 Å². The Labute approximate surface area is 105 Å². The van der Waals surface area contributed by atoms with Crippen molar-refractivity contribution in [3.63, 3.8) is 0 Å². The fourth-order valence-corrected chi connectivity index (χ4v) is 1.65. The van der Waals surface area contributed by atoms with Crippen LogP contribution in [0.15, 0.2) is 41.0 Å². The molecule has 0 saturated heterocycles. The molecular formula is C13H15N3O2. The van der Waals surface area contributed by atoms with Gasteiger partial charge in [-0.2, -0.15) is 0 Å². The third-order valence-corrected chi connectivity index (χ3v) is 2.60. The molecule has 2 rings (SSSR count). The van der Waals surface area contributed by atoms with Gasteiger partial charge in [0.1, 0.15) is 5.76 Å². The lowest BCUT2D eigenvalue weighted by Crippen LogP contribution is -2.12. The molecule has 0 aliphatic carbocycles. The summed E-state index contributed by atoms with van der Waals surface area (Å²) in [6.07, 6.45) is 2.41. The van der Waals surface area contributed by atoms with E-state index in [1.807, 2.05) is 12.1 Å². The minimum Gasteiger partial charge on any atom is -0.469 e. The topological polar surface area (TPSA) is 94.3 Å². The van der Waals surface area contributed by atoms with E-state index < -0.39 is 5.91 Å². The first-order chi connectivity index (χ1) is 8.66. The van der Waals surface area contributed by atoms with E-state index in [1.54, 1.807) is 24.5 Å². The van der Waals surface area contributed by atoms with Gasteiger partial charge in [-0.25, -0.2) is 0 Å². The number of carbonyl (C=O) groups is 1. The lowest BCUT2D eigenvalue weighted by molar-refractivity contribution is 0.100. The fraction of sp³-hybridized carbons (Fsp3) is 0.154. The van der Waals surface area contributed by atoms with Crippen LogP contribution in [0.3, 0.4) is 0 Å². The zero-order valence-corrected chi connectivity index (χ0v) is 9.85. The van der Waals surface area contributed by atoms with Crippen LogP contribution < -0.4 is 16.8 Å². The van der Waals surface area contributed by atoms with Crippen LogP contribution in [0.5, 0.6) is 0 Å². The van der Waals surface area contributed by atoms with Gasteiger partial charge in [-0.3, -0.25) is 4.79 Å². The van der Waals surface area contributed by atoms with Crippen molar-refractivity contribution in [2.75, 3.05) is 17.6 Å². The molecular weight excluding hydrogens is 230 g/mol. The molecule has 94 valence electrons. The van der Waals surface area contributed by atoms with Gasteiger partial charge in [0.05, 0.1) is 17.6 Å². The largest absolute Gasteiger partial charge is 0.469 e. The van der Waals surface area contributed by atoms with Crippen LogP contribution in [0.1, 0.15) is 16.1 Å². The second-order valence-corrected chi connectivity index (χ2v) is 3.92. The molecule has 0 saturated carbocycles. The van der Waals surface area contributed by atoms with Crippen LogP contribution in [0.4, 0.5) is 11.4 Å². The highest BCUT2D eigenvalue weighted by atomic mass is 16.3. The SMILES string of the molecule is NC(=O)c1ccc(NCCc2ccco2)c(N)c1. The predicted octanol–water partition coefficient (Wildman–Crippen LogP) is 1.62. The molecule has 5 heteroatoms. The molecule has 5 nitrogen and oxygen atoms in total. The van der Waals surface area contributed by atoms with Gasteiger partial charge in [0, 0.05) is 18.5 Å². The lowest BCUT2D eigenvalue weighted by atomic mass is 10.1. The van der Waals surface area contributed by atoms with Crippen molar-refractivity contribution in [3.05, 3.63) is 47.9 Å². The molecule has 0 bridgehead atoms. The maximum absolute atomic E-state index is 11.0. The Morgan fingerprint density at radius 3 is 2.78 bits per heavy atom. The first kappa shape index (κ1) is 12.0. The molecule has 1 aromatic heterocycles. The molecule has 0 unspecified atom stereocenters. The van der Waals surface area contributed by atoms with Crippen molar-refractivity contribution in [2.45, 2.75) is 6.42 Å². The van der Waals surface area contributed by atoms with Crippen molar-refractivity contribution in [2.24, 2.45) is 5.73 Å². The van der Waals surface area contributed by atoms with E-state index >= 15 is 0 Å². The number of carbonyl (C=O) groups excluding carboxylic acids is 1. The summed E-state index contributed by atoms with van der Waals surface area (Å²) in [5.41, 5.74) is 12.7. The van der Waals surface area contributed by atoms with Gasteiger partial charge < -0.3 is 21.2 Å². The molecule has 5 N–H and O–H groups in total. The highest BCUT2D eigenvalue weighted by molar-refractivity contribution is 5.94. The molecule has 0 radical (unpaired) electrons. The van der Waals surface area contributed by atoms with Crippen molar-refractivity contribution in [1.82, 2.24) is 0 Å². The van der Waals surface area contributed by atoms with Gasteiger partial charge in [0.25, 0.3) is 0 Å². The smallest absolute Gasteiger partial charge is 0.248 e. The van der Waals surface area contributed by atoms with E-state index in [1.165, 1.54) is 0 Å². The Morgan fingerprint density at radius 2 is 2.17 bits per heavy atom. The zero-order chi connectivity index (χ0) is 13.0. The summed E-state index contributed by atoms with van der Waals surface area (Å²) in [5, 5.41) is 3.18. The quantitative estimate of drug-likeness (QED) is 0.697. The molecule has 0 fully saturated rings. The van der Waals surface area contributed by atoms with Gasteiger partial charge in [0.2, 0.25) is 5.91 Å². The van der Waals surface area contributed by atoms with Gasteiger partial charge in [-0.05, 0) is 30.3 Å². The number of hydrogen-bond acceptors (Lipinski definition) is 4. The van der Waals surface area contributed by atoms with Crippen molar-refractivity contribution in [3.8, 4) is 0 Å². The number of nitrogens with two attached hydrogens (primary N) is 2. The number of hydrogen-bond donors (Lipinski definition) is 3. The Morgan fingerprint density at radius 1 is 1.33 bits per heavy atom. The van der Waals surface area contributed by atoms with Crippen LogP contribution >= 0.6 is 0 Å². The third kappa shape index (κ3) is 2.82. The molecule has 18 heavy (non-hydrogen) atoms. The zero-order valence-electron chi connectivity index (χ0n) is 9.85. The van der Waals surface area contributed by atoms with Gasteiger partial charge in [0.15, 0.2) is 0 Å². The third-order valence-electron chi connectivity index (χ3n) is 2.60. The van der Waals surface area contributed by atoms with E-state index in [0.29, 0.717) is 17.8 Å².